The number of aliphatic carboxylic acids is 1. The fourth-order valence-electron chi connectivity index (χ4n) is 1.80. The summed E-state index contributed by atoms with van der Waals surface area (Å²) in [4.78, 5) is 11.0. The Morgan fingerprint density at radius 3 is 2.35 bits per heavy atom. The molecular weight excluding hydrogens is 264 g/mol. The van der Waals surface area contributed by atoms with Gasteiger partial charge in [0, 0.05) is 13.7 Å². The molecule has 7 nitrogen and oxygen atoms in total. The molecule has 0 aromatic heterocycles. The SMILES string of the molecule is CCOCCOC(CC(=O)O)N(CCOC)[N+](C)(C)C. The summed E-state index contributed by atoms with van der Waals surface area (Å²) in [7, 11) is 7.53. The van der Waals surface area contributed by atoms with Crippen LogP contribution in [-0.4, -0.2) is 88.1 Å². The van der Waals surface area contributed by atoms with Crippen molar-refractivity contribution >= 4 is 5.97 Å². The molecule has 1 atom stereocenters. The van der Waals surface area contributed by atoms with E-state index in [4.69, 9.17) is 19.3 Å². The van der Waals surface area contributed by atoms with Crippen LogP contribution in [0.25, 0.3) is 0 Å². The molecule has 0 rings (SSSR count). The largest absolute Gasteiger partial charge is 0.481 e. The van der Waals surface area contributed by atoms with E-state index in [1.807, 2.05) is 33.1 Å². The second kappa shape index (κ2) is 10.1. The van der Waals surface area contributed by atoms with Crippen LogP contribution in [-0.2, 0) is 19.0 Å². The molecule has 0 saturated heterocycles. The average Bonchev–Trinajstić information content (AvgIpc) is 2.32. The normalized spacial score (nSPS) is 13.7. The van der Waals surface area contributed by atoms with E-state index >= 15 is 0 Å². The van der Waals surface area contributed by atoms with Crippen LogP contribution in [0.3, 0.4) is 0 Å². The van der Waals surface area contributed by atoms with Gasteiger partial charge >= 0.3 is 5.97 Å². The zero-order chi connectivity index (χ0) is 15.6. The maximum atomic E-state index is 11.0. The molecule has 0 spiro atoms. The van der Waals surface area contributed by atoms with Crippen molar-refractivity contribution in [3.63, 3.8) is 0 Å². The first kappa shape index (κ1) is 19.3. The predicted molar refractivity (Wildman–Crippen MR) is 75.1 cm³/mol. The number of rotatable bonds is 12. The van der Waals surface area contributed by atoms with Gasteiger partial charge in [0.25, 0.3) is 0 Å². The molecule has 0 aliphatic rings. The Morgan fingerprint density at radius 1 is 1.25 bits per heavy atom. The molecule has 7 heteroatoms. The highest BCUT2D eigenvalue weighted by Gasteiger charge is 2.32. The van der Waals surface area contributed by atoms with Crippen LogP contribution < -0.4 is 0 Å². The van der Waals surface area contributed by atoms with E-state index in [0.717, 1.165) is 0 Å². The van der Waals surface area contributed by atoms with Crippen LogP contribution in [0, 0.1) is 0 Å². The van der Waals surface area contributed by atoms with E-state index in [9.17, 15) is 4.79 Å². The zero-order valence-electron chi connectivity index (χ0n) is 13.3. The topological polar surface area (TPSA) is 68.2 Å². The maximum absolute atomic E-state index is 11.0. The van der Waals surface area contributed by atoms with E-state index < -0.39 is 12.2 Å². The van der Waals surface area contributed by atoms with Gasteiger partial charge in [0.2, 0.25) is 0 Å². The smallest absolute Gasteiger partial charge is 0.307 e. The van der Waals surface area contributed by atoms with Crippen LogP contribution in [0.1, 0.15) is 13.3 Å². The molecular formula is C13H29N2O5+. The number of carbonyl (C=O) groups is 1. The van der Waals surface area contributed by atoms with E-state index in [0.29, 0.717) is 37.6 Å². The summed E-state index contributed by atoms with van der Waals surface area (Å²) in [6, 6.07) is 0. The summed E-state index contributed by atoms with van der Waals surface area (Å²) < 4.78 is 16.5. The van der Waals surface area contributed by atoms with Crippen LogP contribution in [0.15, 0.2) is 0 Å². The fraction of sp³-hybridized carbons (Fsp3) is 0.923. The molecule has 1 unspecified atom stereocenters. The predicted octanol–water partition coefficient (Wildman–Crippen LogP) is 0.410. The van der Waals surface area contributed by atoms with Crippen molar-refractivity contribution in [2.45, 2.75) is 19.6 Å². The van der Waals surface area contributed by atoms with Gasteiger partial charge in [0.15, 0.2) is 6.23 Å². The van der Waals surface area contributed by atoms with E-state index in [2.05, 4.69) is 0 Å². The summed E-state index contributed by atoms with van der Waals surface area (Å²) in [5.41, 5.74) is 0. The monoisotopic (exact) mass is 293 g/mol. The number of hydrogen-bond donors (Lipinski definition) is 1. The molecule has 0 saturated carbocycles. The van der Waals surface area contributed by atoms with Gasteiger partial charge in [-0.25, -0.2) is 4.59 Å². The minimum absolute atomic E-state index is 0.0780. The summed E-state index contributed by atoms with van der Waals surface area (Å²) >= 11 is 0. The molecule has 0 bridgehead atoms. The third-order valence-corrected chi connectivity index (χ3v) is 2.72. The molecule has 0 aromatic carbocycles. The molecule has 0 radical (unpaired) electrons. The lowest BCUT2D eigenvalue weighted by Gasteiger charge is -2.40. The molecule has 0 amide bonds. The van der Waals surface area contributed by atoms with Crippen molar-refractivity contribution in [2.75, 3.05) is 61.2 Å². The van der Waals surface area contributed by atoms with Gasteiger partial charge in [-0.15, -0.1) is 5.01 Å². The second-order valence-corrected chi connectivity index (χ2v) is 5.22. The number of methoxy groups -OCH3 is 1. The summed E-state index contributed by atoms with van der Waals surface area (Å²) in [6.07, 6.45) is -0.589. The zero-order valence-corrected chi connectivity index (χ0v) is 13.3. The van der Waals surface area contributed by atoms with E-state index in [1.54, 1.807) is 7.11 Å². The minimum Gasteiger partial charge on any atom is -0.481 e. The fourth-order valence-corrected chi connectivity index (χ4v) is 1.80. The maximum Gasteiger partial charge on any atom is 0.307 e. The molecule has 0 heterocycles. The highest BCUT2D eigenvalue weighted by Crippen LogP contribution is 2.13. The molecule has 0 aliphatic heterocycles. The van der Waals surface area contributed by atoms with Crippen LogP contribution in [0.5, 0.6) is 0 Å². The Hall–Kier alpha value is -0.730. The number of ether oxygens (including phenoxy) is 3. The van der Waals surface area contributed by atoms with Gasteiger partial charge in [0.05, 0.1) is 53.9 Å². The lowest BCUT2D eigenvalue weighted by molar-refractivity contribution is -0.995. The van der Waals surface area contributed by atoms with Crippen molar-refractivity contribution in [3.8, 4) is 0 Å². The molecule has 0 aliphatic carbocycles. The first-order valence-corrected chi connectivity index (χ1v) is 6.81. The number of nitrogens with zero attached hydrogens (tertiary/aromatic N) is 2. The lowest BCUT2D eigenvalue weighted by atomic mass is 10.3. The Balaban J connectivity index is 4.67. The van der Waals surface area contributed by atoms with Crippen molar-refractivity contribution in [1.29, 1.82) is 0 Å². The summed E-state index contributed by atoms with van der Waals surface area (Å²) in [5.74, 6) is -0.887. The quantitative estimate of drug-likeness (QED) is 0.243. The molecule has 20 heavy (non-hydrogen) atoms. The average molecular weight is 293 g/mol. The highest BCUT2D eigenvalue weighted by molar-refractivity contribution is 5.67. The van der Waals surface area contributed by atoms with Gasteiger partial charge in [-0.05, 0) is 6.92 Å². The van der Waals surface area contributed by atoms with Gasteiger partial charge < -0.3 is 19.3 Å². The third-order valence-electron chi connectivity index (χ3n) is 2.72. The third kappa shape index (κ3) is 8.44. The standard InChI is InChI=1S/C13H28N2O5/c1-6-19-9-10-20-12(11-13(16)17)14(7-8-18-5)15(2,3)4/h12H,6-11H2,1-5H3/p+1. The van der Waals surface area contributed by atoms with Crippen LogP contribution in [0.4, 0.5) is 0 Å². The van der Waals surface area contributed by atoms with Gasteiger partial charge in [-0.2, -0.15) is 0 Å². The molecule has 1 N–H and O–H groups in total. The number of carboxylic acids is 1. The summed E-state index contributed by atoms with van der Waals surface area (Å²) in [5, 5.41) is 11.0. The minimum atomic E-state index is -0.887. The Bertz CT molecular complexity index is 268. The van der Waals surface area contributed by atoms with Crippen LogP contribution >= 0.6 is 0 Å². The van der Waals surface area contributed by atoms with Crippen molar-refractivity contribution in [2.24, 2.45) is 0 Å². The highest BCUT2D eigenvalue weighted by atomic mass is 16.5. The molecule has 0 fully saturated rings. The van der Waals surface area contributed by atoms with E-state index in [1.165, 1.54) is 0 Å². The van der Waals surface area contributed by atoms with Crippen molar-refractivity contribution < 1.29 is 28.7 Å². The Labute approximate surface area is 121 Å². The Kier molecular flexibility index (Phi) is 9.70. The lowest BCUT2D eigenvalue weighted by Crippen LogP contribution is -2.58. The first-order valence-electron chi connectivity index (χ1n) is 6.81. The van der Waals surface area contributed by atoms with Crippen LogP contribution in [0.2, 0.25) is 0 Å². The van der Waals surface area contributed by atoms with Gasteiger partial charge in [0.1, 0.15) is 0 Å². The first-order chi connectivity index (χ1) is 9.32. The number of carboxylic acid groups (broad SMARTS) is 1. The van der Waals surface area contributed by atoms with Gasteiger partial charge in [-0.3, -0.25) is 4.79 Å². The van der Waals surface area contributed by atoms with Gasteiger partial charge in [-0.1, -0.05) is 0 Å². The second-order valence-electron chi connectivity index (χ2n) is 5.22. The number of hydrogen-bond acceptors (Lipinski definition) is 5. The molecule has 120 valence electrons. The van der Waals surface area contributed by atoms with E-state index in [-0.39, 0.29) is 6.42 Å². The van der Waals surface area contributed by atoms with Crippen molar-refractivity contribution in [3.05, 3.63) is 0 Å². The molecule has 0 aromatic rings. The summed E-state index contributed by atoms with van der Waals surface area (Å²) in [6.45, 7) is 4.46. The number of quaternary nitrogens is 1. The van der Waals surface area contributed by atoms with Crippen molar-refractivity contribution in [1.82, 2.24) is 5.01 Å². The Morgan fingerprint density at radius 2 is 1.90 bits per heavy atom.